The summed E-state index contributed by atoms with van der Waals surface area (Å²) in [5.74, 6) is 0. The molecule has 0 aromatic rings. The van der Waals surface area contributed by atoms with Crippen molar-refractivity contribution in [2.75, 3.05) is 0 Å². The van der Waals surface area contributed by atoms with E-state index in [0.29, 0.717) is 0 Å². The fourth-order valence-electron chi connectivity index (χ4n) is 0. The largest absolute Gasteiger partial charge is 0.500 e. The maximum absolute atomic E-state index is 10.2. The third-order valence-corrected chi connectivity index (χ3v) is 0.270. The molecule has 8 heteroatoms. The van der Waals surface area contributed by atoms with Gasteiger partial charge in [-0.05, 0) is 4.53 Å². The molecule has 0 aromatic carbocycles. The van der Waals surface area contributed by atoms with Gasteiger partial charge in [-0.25, -0.2) is 4.57 Å². The predicted molar refractivity (Wildman–Crippen MR) is 29.2 cm³/mol. The van der Waals surface area contributed by atoms with Crippen LogP contribution in [0.2, 0.25) is 0 Å². The molecule has 8 heavy (non-hydrogen) atoms. The Labute approximate surface area is 55.7 Å². The summed E-state index contributed by atoms with van der Waals surface area (Å²) in [7, 11) is -4.81. The van der Waals surface area contributed by atoms with Crippen molar-refractivity contribution in [1.29, 1.82) is 0 Å². The van der Waals surface area contributed by atoms with Crippen LogP contribution in [0, 0.1) is 0 Å². The first-order chi connectivity index (χ1) is 2.56. The van der Waals surface area contributed by atoms with Crippen LogP contribution in [0.5, 0.6) is 0 Å². The Balaban J connectivity index is -0.000000125. The van der Waals surface area contributed by atoms with Gasteiger partial charge in [-0.1, -0.05) is 4.73 Å². The molecule has 0 aliphatic rings. The van der Waals surface area contributed by atoms with Crippen molar-refractivity contribution in [3.63, 3.8) is 0 Å². The molecule has 0 atom stereocenters. The molecule has 0 saturated heterocycles. The Morgan fingerprint density at radius 3 is 1.62 bits per heavy atom. The Hall–Kier alpha value is 0.532. The molecule has 0 bridgehead atoms. The standard InChI is InChI=1S/Al.FH2O4P.H3N.3H/c;1-5-6(2,3)4;;;;/h;(H2,2,3,4);1H3;;;. The normalized spacial score (nSPS) is 8.88. The van der Waals surface area contributed by atoms with Crippen LogP contribution in [-0.2, 0) is 9.29 Å². The van der Waals surface area contributed by atoms with Gasteiger partial charge >= 0.3 is 7.82 Å². The lowest BCUT2D eigenvalue weighted by atomic mass is 14.0. The average molecular weight is 163 g/mol. The number of rotatable bonds is 1. The number of hydrogen-bond donors (Lipinski definition) is 3. The predicted octanol–water partition coefficient (Wildman–Crippen LogP) is -1.04. The highest BCUT2D eigenvalue weighted by Crippen LogP contribution is 2.35. The SMILES string of the molecule is N.O=P(O)(O)OF.[AlH3]. The van der Waals surface area contributed by atoms with Crippen LogP contribution in [0.3, 0.4) is 0 Å². The van der Waals surface area contributed by atoms with Gasteiger partial charge < -0.3 is 15.9 Å². The lowest BCUT2D eigenvalue weighted by Crippen LogP contribution is -1.71. The zero-order valence-electron chi connectivity index (χ0n) is 3.24. The van der Waals surface area contributed by atoms with Gasteiger partial charge in [0.1, 0.15) is 0 Å². The fraction of sp³-hybridized carbons (Fsp3) is 0. The molecule has 0 unspecified atom stereocenters. The van der Waals surface area contributed by atoms with E-state index < -0.39 is 7.82 Å². The average Bonchev–Trinajstić information content (AvgIpc) is 1.35. The summed E-state index contributed by atoms with van der Waals surface area (Å²) in [4.78, 5) is 14.7. The highest BCUT2D eigenvalue weighted by Gasteiger charge is 2.12. The minimum absolute atomic E-state index is 0. The van der Waals surface area contributed by atoms with Crippen molar-refractivity contribution < 1.29 is 23.6 Å². The van der Waals surface area contributed by atoms with Gasteiger partial charge in [-0.3, -0.25) is 0 Å². The minimum Gasteiger partial charge on any atom is -0.344 e. The summed E-state index contributed by atoms with van der Waals surface area (Å²) in [5, 5.41) is 0. The quantitative estimate of drug-likeness (QED) is 0.338. The van der Waals surface area contributed by atoms with Crippen molar-refractivity contribution in [1.82, 2.24) is 6.15 Å². The molecule has 0 amide bonds. The van der Waals surface area contributed by atoms with Crippen LogP contribution in [0.15, 0.2) is 0 Å². The lowest BCUT2D eigenvalue weighted by Gasteiger charge is -1.87. The molecular weight excluding hydrogens is 155 g/mol. The van der Waals surface area contributed by atoms with Gasteiger partial charge in [-0.2, -0.15) is 0 Å². The van der Waals surface area contributed by atoms with Gasteiger partial charge in [-0.15, -0.1) is 0 Å². The lowest BCUT2D eigenvalue weighted by molar-refractivity contribution is -0.0389. The van der Waals surface area contributed by atoms with Gasteiger partial charge in [0.05, 0.1) is 0 Å². The zero-order valence-corrected chi connectivity index (χ0v) is 4.14. The van der Waals surface area contributed by atoms with Crippen LogP contribution < -0.4 is 6.15 Å². The first kappa shape index (κ1) is 15.8. The van der Waals surface area contributed by atoms with Crippen molar-refractivity contribution in [2.24, 2.45) is 0 Å². The van der Waals surface area contributed by atoms with E-state index in [2.05, 4.69) is 4.73 Å². The third kappa shape index (κ3) is 16.0. The Morgan fingerprint density at radius 2 is 1.62 bits per heavy atom. The smallest absolute Gasteiger partial charge is 0.344 e. The summed E-state index contributed by atoms with van der Waals surface area (Å²) in [6, 6.07) is 0. The second-order valence-corrected chi connectivity index (χ2v) is 1.68. The van der Waals surface area contributed by atoms with E-state index >= 15 is 0 Å². The second-order valence-electron chi connectivity index (χ2n) is 0.560. The molecule has 0 fully saturated rings. The van der Waals surface area contributed by atoms with Gasteiger partial charge in [0.2, 0.25) is 0 Å². The molecule has 0 aromatic heterocycles. The Kier molecular flexibility index (Phi) is 11.2. The van der Waals surface area contributed by atoms with E-state index in [-0.39, 0.29) is 23.5 Å². The number of phosphoric acid groups is 1. The van der Waals surface area contributed by atoms with Crippen LogP contribution >= 0.6 is 7.82 Å². The van der Waals surface area contributed by atoms with Gasteiger partial charge in [0.25, 0.3) is 0 Å². The van der Waals surface area contributed by atoms with E-state index in [9.17, 15) is 4.53 Å². The maximum atomic E-state index is 10.2. The number of hydrogen-bond acceptors (Lipinski definition) is 3. The molecule has 0 aliphatic carbocycles. The fourth-order valence-corrected chi connectivity index (χ4v) is 0. The van der Waals surface area contributed by atoms with Crippen molar-refractivity contribution in [3.05, 3.63) is 0 Å². The summed E-state index contributed by atoms with van der Waals surface area (Å²) < 4.78 is 21.4. The Morgan fingerprint density at radius 1 is 1.50 bits per heavy atom. The second kappa shape index (κ2) is 5.67. The van der Waals surface area contributed by atoms with Crippen LogP contribution in [-0.4, -0.2) is 27.1 Å². The summed E-state index contributed by atoms with van der Waals surface area (Å²) in [6.45, 7) is 0. The molecule has 0 heterocycles. The highest BCUT2D eigenvalue weighted by molar-refractivity contribution is 7.46. The molecule has 5 N–H and O–H groups in total. The van der Waals surface area contributed by atoms with Gasteiger partial charge in [0.15, 0.2) is 17.4 Å². The van der Waals surface area contributed by atoms with Crippen molar-refractivity contribution in [3.8, 4) is 0 Å². The van der Waals surface area contributed by atoms with Crippen molar-refractivity contribution in [2.45, 2.75) is 0 Å². The van der Waals surface area contributed by atoms with Crippen molar-refractivity contribution >= 4 is 25.2 Å². The minimum atomic E-state index is -4.81. The molecule has 5 nitrogen and oxygen atoms in total. The molecule has 0 rings (SSSR count). The van der Waals surface area contributed by atoms with E-state index in [0.717, 1.165) is 0 Å². The highest BCUT2D eigenvalue weighted by atomic mass is 31.2. The van der Waals surface area contributed by atoms with E-state index in [1.54, 1.807) is 0 Å². The first-order valence-corrected chi connectivity index (χ1v) is 2.45. The summed E-state index contributed by atoms with van der Waals surface area (Å²) in [6.07, 6.45) is 0. The Bertz CT molecular complexity index is 80.1. The van der Waals surface area contributed by atoms with Crippen LogP contribution in [0.4, 0.5) is 4.53 Å². The monoisotopic (exact) mass is 163 g/mol. The molecule has 0 saturated carbocycles. The maximum Gasteiger partial charge on any atom is 0.500 e. The third-order valence-electron chi connectivity index (χ3n) is 0.0899. The number of halogens is 1. The van der Waals surface area contributed by atoms with Crippen LogP contribution in [0.25, 0.3) is 0 Å². The molecule has 52 valence electrons. The van der Waals surface area contributed by atoms with E-state index in [1.807, 2.05) is 0 Å². The topological polar surface area (TPSA) is 102 Å². The van der Waals surface area contributed by atoms with Gasteiger partial charge in [0, 0.05) is 0 Å². The van der Waals surface area contributed by atoms with E-state index in [4.69, 9.17) is 14.4 Å². The summed E-state index contributed by atoms with van der Waals surface area (Å²) in [5.41, 5.74) is 0. The van der Waals surface area contributed by atoms with E-state index in [1.165, 1.54) is 0 Å². The molecular formula is H8AlFNO4P. The zero-order chi connectivity index (χ0) is 5.21. The molecule has 0 spiro atoms. The first-order valence-electron chi connectivity index (χ1n) is 0.919. The summed E-state index contributed by atoms with van der Waals surface area (Å²) >= 11 is 0. The van der Waals surface area contributed by atoms with Crippen LogP contribution in [0.1, 0.15) is 0 Å². The molecule has 0 aliphatic heterocycles. The molecule has 0 radical (unpaired) electrons.